The molecule has 0 bridgehead atoms. The second-order valence-corrected chi connectivity index (χ2v) is 10.3. The van der Waals surface area contributed by atoms with E-state index in [-0.39, 0.29) is 6.04 Å². The normalized spacial score (nSPS) is 13.6. The van der Waals surface area contributed by atoms with Gasteiger partial charge in [0, 0.05) is 17.7 Å². The van der Waals surface area contributed by atoms with Crippen LogP contribution in [0.15, 0.2) is 64.9 Å². The number of nitrogens with one attached hydrogen (secondary N) is 1. The van der Waals surface area contributed by atoms with Gasteiger partial charge < -0.3 is 10.1 Å². The lowest BCUT2D eigenvalue weighted by Crippen LogP contribution is -2.24. The second-order valence-electron chi connectivity index (χ2n) is 9.19. The number of pyridine rings is 1. The van der Waals surface area contributed by atoms with Crippen molar-refractivity contribution in [3.05, 3.63) is 70.5 Å². The van der Waals surface area contributed by atoms with Crippen LogP contribution in [0.4, 0.5) is 5.82 Å². The summed E-state index contributed by atoms with van der Waals surface area (Å²) in [6.07, 6.45) is 18.9. The molecule has 1 aromatic heterocycles. The summed E-state index contributed by atoms with van der Waals surface area (Å²) in [7, 11) is 0. The summed E-state index contributed by atoms with van der Waals surface area (Å²) >= 11 is 1.77. The number of rotatable bonds is 16. The number of carbonyl (C=O) groups is 1. The first-order valence-electron chi connectivity index (χ1n) is 12.1. The van der Waals surface area contributed by atoms with Crippen LogP contribution in [0.3, 0.4) is 0 Å². The van der Waals surface area contributed by atoms with Gasteiger partial charge in [0.25, 0.3) is 0 Å². The van der Waals surface area contributed by atoms with Crippen LogP contribution in [-0.4, -0.2) is 28.8 Å². The Bertz CT molecular complexity index is 832. The quantitative estimate of drug-likeness (QED) is 0.151. The highest BCUT2D eigenvalue weighted by Crippen LogP contribution is 2.15. The average molecular weight is 469 g/mol. The van der Waals surface area contributed by atoms with Crippen molar-refractivity contribution in [2.75, 3.05) is 16.8 Å². The maximum atomic E-state index is 11.4. The molecule has 0 amide bonds. The fourth-order valence-corrected chi connectivity index (χ4v) is 4.26. The molecule has 1 aromatic rings. The summed E-state index contributed by atoms with van der Waals surface area (Å²) in [4.78, 5) is 15.7. The van der Waals surface area contributed by atoms with Crippen molar-refractivity contribution in [1.29, 1.82) is 0 Å². The molecule has 1 heterocycles. The molecule has 0 saturated carbocycles. The smallest absolute Gasteiger partial charge is 0.143 e. The van der Waals surface area contributed by atoms with Crippen molar-refractivity contribution >= 4 is 23.9 Å². The molecule has 33 heavy (non-hydrogen) atoms. The van der Waals surface area contributed by atoms with Crippen LogP contribution in [-0.2, 0) is 4.79 Å². The first-order chi connectivity index (χ1) is 15.8. The minimum atomic E-state index is -0.214. The van der Waals surface area contributed by atoms with Crippen molar-refractivity contribution in [3.63, 3.8) is 0 Å². The van der Waals surface area contributed by atoms with Gasteiger partial charge >= 0.3 is 0 Å². The standard InChI is InChI=1S/C29H44N2OS/c1-23(2)10-7-11-24(3)12-8-13-25(4)14-9-15-26(5)17-19-33-22-28(21-32)31-29-20-27(6)16-18-30-29/h10,12,14,16-18,20-21,28H,7-9,11,13,15,19,22H2,1-6H3,(H,30,31)/b24-12+,25-14+,26-17+. The van der Waals surface area contributed by atoms with E-state index in [1.807, 2.05) is 19.1 Å². The van der Waals surface area contributed by atoms with E-state index in [4.69, 9.17) is 0 Å². The van der Waals surface area contributed by atoms with Gasteiger partial charge in [-0.25, -0.2) is 4.98 Å². The van der Waals surface area contributed by atoms with Gasteiger partial charge in [0.05, 0.1) is 6.04 Å². The van der Waals surface area contributed by atoms with Crippen molar-refractivity contribution in [1.82, 2.24) is 4.98 Å². The molecule has 4 heteroatoms. The number of anilines is 1. The third-order valence-corrected chi connectivity index (χ3v) is 6.41. The lowest BCUT2D eigenvalue weighted by Gasteiger charge is -2.13. The van der Waals surface area contributed by atoms with Crippen LogP contribution in [0.5, 0.6) is 0 Å². The minimum absolute atomic E-state index is 0.214. The molecule has 0 saturated heterocycles. The molecule has 0 aliphatic heterocycles. The molecule has 1 unspecified atom stereocenters. The molecule has 1 rings (SSSR count). The minimum Gasteiger partial charge on any atom is -0.360 e. The number of carbonyl (C=O) groups excluding carboxylic acids is 1. The SMILES string of the molecule is CC(C)=CCC/C(C)=C/CC/C(C)=C/CC/C(C)=C/CSCC(C=O)Nc1cc(C)ccn1. The van der Waals surface area contributed by atoms with E-state index >= 15 is 0 Å². The Morgan fingerprint density at radius 2 is 1.52 bits per heavy atom. The van der Waals surface area contributed by atoms with Gasteiger partial charge in [-0.2, -0.15) is 11.8 Å². The summed E-state index contributed by atoms with van der Waals surface area (Å²) in [5.74, 6) is 2.43. The summed E-state index contributed by atoms with van der Waals surface area (Å²) in [5.41, 5.74) is 6.93. The topological polar surface area (TPSA) is 42.0 Å². The molecule has 1 N–H and O–H groups in total. The Kier molecular flexibility index (Phi) is 15.3. The van der Waals surface area contributed by atoms with E-state index in [0.29, 0.717) is 0 Å². The lowest BCUT2D eigenvalue weighted by molar-refractivity contribution is -0.108. The van der Waals surface area contributed by atoms with Crippen LogP contribution in [0.1, 0.15) is 78.7 Å². The number of hydrogen-bond acceptors (Lipinski definition) is 4. The summed E-state index contributed by atoms with van der Waals surface area (Å²) in [5, 5.41) is 3.21. The Labute approximate surface area is 206 Å². The van der Waals surface area contributed by atoms with E-state index < -0.39 is 0 Å². The van der Waals surface area contributed by atoms with Crippen molar-refractivity contribution in [2.24, 2.45) is 0 Å². The van der Waals surface area contributed by atoms with Gasteiger partial charge in [-0.1, -0.05) is 46.6 Å². The maximum absolute atomic E-state index is 11.4. The average Bonchev–Trinajstić information content (AvgIpc) is 2.75. The zero-order chi connectivity index (χ0) is 24.5. The lowest BCUT2D eigenvalue weighted by atomic mass is 10.0. The Morgan fingerprint density at radius 1 is 0.939 bits per heavy atom. The summed E-state index contributed by atoms with van der Waals surface area (Å²) in [6, 6.07) is 3.70. The molecular formula is C29H44N2OS. The monoisotopic (exact) mass is 468 g/mol. The number of thioether (sulfide) groups is 1. The van der Waals surface area contributed by atoms with Crippen LogP contribution < -0.4 is 5.32 Å². The van der Waals surface area contributed by atoms with Gasteiger partial charge in [-0.3, -0.25) is 0 Å². The number of aryl methyl sites for hydroxylation is 1. The number of aldehydes is 1. The van der Waals surface area contributed by atoms with Crippen molar-refractivity contribution in [3.8, 4) is 0 Å². The van der Waals surface area contributed by atoms with Gasteiger partial charge in [0.15, 0.2) is 0 Å². The predicted molar refractivity (Wildman–Crippen MR) is 148 cm³/mol. The van der Waals surface area contributed by atoms with Crippen LogP contribution >= 0.6 is 11.8 Å². The molecule has 1 atom stereocenters. The fourth-order valence-electron chi connectivity index (χ4n) is 3.30. The molecule has 0 fully saturated rings. The van der Waals surface area contributed by atoms with Crippen molar-refractivity contribution < 1.29 is 4.79 Å². The van der Waals surface area contributed by atoms with Gasteiger partial charge in [0.1, 0.15) is 12.1 Å². The second kappa shape index (κ2) is 17.4. The van der Waals surface area contributed by atoms with E-state index in [2.05, 4.69) is 69.2 Å². The molecule has 0 radical (unpaired) electrons. The summed E-state index contributed by atoms with van der Waals surface area (Å²) in [6.45, 7) is 13.0. The highest BCUT2D eigenvalue weighted by atomic mass is 32.2. The predicted octanol–water partition coefficient (Wildman–Crippen LogP) is 8.25. The number of hydrogen-bond donors (Lipinski definition) is 1. The molecule has 0 aliphatic rings. The van der Waals surface area contributed by atoms with E-state index in [1.165, 1.54) is 28.7 Å². The van der Waals surface area contributed by atoms with E-state index in [9.17, 15) is 4.79 Å². The van der Waals surface area contributed by atoms with Gasteiger partial charge in [-0.05, 0) is 97.8 Å². The number of aromatic nitrogens is 1. The molecule has 182 valence electrons. The summed E-state index contributed by atoms with van der Waals surface area (Å²) < 4.78 is 0. The zero-order valence-electron chi connectivity index (χ0n) is 21.6. The number of allylic oxidation sites excluding steroid dienone is 7. The molecule has 0 aromatic carbocycles. The van der Waals surface area contributed by atoms with Crippen LogP contribution in [0.25, 0.3) is 0 Å². The van der Waals surface area contributed by atoms with E-state index in [0.717, 1.165) is 61.3 Å². The highest BCUT2D eigenvalue weighted by Gasteiger charge is 2.07. The molecule has 0 spiro atoms. The fraction of sp³-hybridized carbons (Fsp3) is 0.517. The Hall–Kier alpha value is -2.07. The maximum Gasteiger partial charge on any atom is 0.143 e. The van der Waals surface area contributed by atoms with Gasteiger partial charge in [-0.15, -0.1) is 0 Å². The molecular weight excluding hydrogens is 424 g/mol. The van der Waals surface area contributed by atoms with Crippen molar-refractivity contribution in [2.45, 2.75) is 86.1 Å². The Morgan fingerprint density at radius 3 is 2.06 bits per heavy atom. The van der Waals surface area contributed by atoms with Crippen LogP contribution in [0.2, 0.25) is 0 Å². The largest absolute Gasteiger partial charge is 0.360 e. The van der Waals surface area contributed by atoms with Crippen LogP contribution in [0, 0.1) is 6.92 Å². The third kappa shape index (κ3) is 15.4. The first kappa shape index (κ1) is 29.0. The molecule has 0 aliphatic carbocycles. The van der Waals surface area contributed by atoms with Gasteiger partial charge in [0.2, 0.25) is 0 Å². The highest BCUT2D eigenvalue weighted by molar-refractivity contribution is 7.99. The number of nitrogens with zero attached hydrogens (tertiary/aromatic N) is 1. The Balaban J connectivity index is 2.25. The molecule has 3 nitrogen and oxygen atoms in total. The van der Waals surface area contributed by atoms with E-state index in [1.54, 1.807) is 18.0 Å². The third-order valence-electron chi connectivity index (χ3n) is 5.41. The zero-order valence-corrected chi connectivity index (χ0v) is 22.4. The first-order valence-corrected chi connectivity index (χ1v) is 13.3.